The van der Waals surface area contributed by atoms with Gasteiger partial charge in [0.25, 0.3) is 0 Å². The van der Waals surface area contributed by atoms with Crippen molar-refractivity contribution in [1.82, 2.24) is 4.90 Å². The summed E-state index contributed by atoms with van der Waals surface area (Å²) >= 11 is 0. The van der Waals surface area contributed by atoms with E-state index < -0.39 is 0 Å². The Labute approximate surface area is 183 Å². The van der Waals surface area contributed by atoms with E-state index in [9.17, 15) is 0 Å². The van der Waals surface area contributed by atoms with E-state index in [0.717, 1.165) is 30.7 Å². The Morgan fingerprint density at radius 1 is 0.633 bits per heavy atom. The minimum Gasteiger partial charge on any atom is -0.322 e. The Bertz CT molecular complexity index is 791. The molecule has 3 rings (SSSR count). The van der Waals surface area contributed by atoms with E-state index in [1.54, 1.807) is 0 Å². The molecule has 30 heavy (non-hydrogen) atoms. The fourth-order valence-corrected chi connectivity index (χ4v) is 4.41. The number of hydrogen-bond acceptors (Lipinski definition) is 1. The van der Waals surface area contributed by atoms with Gasteiger partial charge in [-0.05, 0) is 17.5 Å². The zero-order chi connectivity index (χ0) is 21.1. The molecule has 0 fully saturated rings. The lowest BCUT2D eigenvalue weighted by molar-refractivity contribution is -0.922. The maximum Gasteiger partial charge on any atom is 0.104 e. The molecule has 0 radical (unpaired) electrons. The highest BCUT2D eigenvalue weighted by molar-refractivity contribution is 5.17. The predicted molar refractivity (Wildman–Crippen MR) is 128 cm³/mol. The molecule has 0 heterocycles. The van der Waals surface area contributed by atoms with Crippen molar-refractivity contribution in [3.8, 4) is 0 Å². The molecular formula is C28H37N2+. The van der Waals surface area contributed by atoms with Gasteiger partial charge in [-0.25, -0.2) is 0 Å². The predicted octanol–water partition coefficient (Wildman–Crippen LogP) is 6.14. The standard InChI is InChI=1S/C28H37N2/c1-3-21-30(2,25-28-18-11-6-12-19-28)22-13-20-29(23-26-14-7-4-8-15-26)24-27-16-9-5-10-17-27/h4-12,14-19H,3,13,20-25H2,1-2H3/q+1. The highest BCUT2D eigenvalue weighted by Crippen LogP contribution is 2.16. The molecule has 0 aliphatic carbocycles. The minimum absolute atomic E-state index is 1.01. The maximum atomic E-state index is 2.60. The molecular weight excluding hydrogens is 364 g/mol. The van der Waals surface area contributed by atoms with Gasteiger partial charge in [-0.3, -0.25) is 4.90 Å². The lowest BCUT2D eigenvalue weighted by Gasteiger charge is -2.35. The van der Waals surface area contributed by atoms with E-state index in [0.29, 0.717) is 0 Å². The molecule has 0 aliphatic heterocycles. The average molecular weight is 402 g/mol. The van der Waals surface area contributed by atoms with Gasteiger partial charge in [0.2, 0.25) is 0 Å². The first-order valence-corrected chi connectivity index (χ1v) is 11.3. The van der Waals surface area contributed by atoms with Gasteiger partial charge >= 0.3 is 0 Å². The van der Waals surface area contributed by atoms with E-state index in [1.165, 1.54) is 42.6 Å². The fourth-order valence-electron chi connectivity index (χ4n) is 4.41. The highest BCUT2D eigenvalue weighted by atomic mass is 15.3. The fraction of sp³-hybridized carbons (Fsp3) is 0.357. The first kappa shape index (κ1) is 22.3. The summed E-state index contributed by atoms with van der Waals surface area (Å²) < 4.78 is 1.12. The van der Waals surface area contributed by atoms with Crippen molar-refractivity contribution in [2.45, 2.75) is 39.4 Å². The number of hydrogen-bond donors (Lipinski definition) is 0. The summed E-state index contributed by atoms with van der Waals surface area (Å²) in [6.45, 7) is 8.99. The third-order valence-corrected chi connectivity index (χ3v) is 5.84. The summed E-state index contributed by atoms with van der Waals surface area (Å²) in [6.07, 6.45) is 2.43. The molecule has 0 saturated heterocycles. The molecule has 2 nitrogen and oxygen atoms in total. The monoisotopic (exact) mass is 401 g/mol. The van der Waals surface area contributed by atoms with Crippen LogP contribution in [0.2, 0.25) is 0 Å². The average Bonchev–Trinajstić information content (AvgIpc) is 2.76. The van der Waals surface area contributed by atoms with Crippen LogP contribution in [-0.2, 0) is 19.6 Å². The molecule has 0 aliphatic rings. The van der Waals surface area contributed by atoms with Crippen molar-refractivity contribution in [3.05, 3.63) is 108 Å². The van der Waals surface area contributed by atoms with Crippen LogP contribution in [0.3, 0.4) is 0 Å². The zero-order valence-electron chi connectivity index (χ0n) is 18.7. The van der Waals surface area contributed by atoms with Crippen molar-refractivity contribution < 1.29 is 4.48 Å². The van der Waals surface area contributed by atoms with E-state index in [4.69, 9.17) is 0 Å². The van der Waals surface area contributed by atoms with Crippen molar-refractivity contribution in [3.63, 3.8) is 0 Å². The Morgan fingerprint density at radius 2 is 1.10 bits per heavy atom. The van der Waals surface area contributed by atoms with Gasteiger partial charge in [0.15, 0.2) is 0 Å². The molecule has 158 valence electrons. The van der Waals surface area contributed by atoms with Crippen LogP contribution in [0.5, 0.6) is 0 Å². The van der Waals surface area contributed by atoms with Gasteiger partial charge in [-0.1, -0.05) is 97.9 Å². The molecule has 1 unspecified atom stereocenters. The van der Waals surface area contributed by atoms with Crippen LogP contribution in [-0.4, -0.2) is 36.1 Å². The quantitative estimate of drug-likeness (QED) is 0.330. The van der Waals surface area contributed by atoms with E-state index in [1.807, 2.05) is 0 Å². The molecule has 0 saturated carbocycles. The highest BCUT2D eigenvalue weighted by Gasteiger charge is 2.21. The van der Waals surface area contributed by atoms with Gasteiger partial charge in [0.1, 0.15) is 6.54 Å². The van der Waals surface area contributed by atoms with Gasteiger partial charge in [0, 0.05) is 31.6 Å². The number of quaternary nitrogens is 1. The zero-order valence-corrected chi connectivity index (χ0v) is 18.7. The molecule has 2 heteroatoms. The molecule has 0 spiro atoms. The summed E-state index contributed by atoms with van der Waals surface area (Å²) in [5, 5.41) is 0. The molecule has 1 atom stereocenters. The second kappa shape index (κ2) is 11.7. The summed E-state index contributed by atoms with van der Waals surface area (Å²) in [5.74, 6) is 0. The number of benzene rings is 3. The summed E-state index contributed by atoms with van der Waals surface area (Å²) in [6, 6.07) is 32.7. The van der Waals surface area contributed by atoms with E-state index in [-0.39, 0.29) is 0 Å². The first-order chi connectivity index (χ1) is 14.7. The molecule has 0 aromatic heterocycles. The Morgan fingerprint density at radius 3 is 1.57 bits per heavy atom. The van der Waals surface area contributed by atoms with Gasteiger partial charge in [0.05, 0.1) is 20.1 Å². The summed E-state index contributed by atoms with van der Waals surface area (Å²) in [4.78, 5) is 2.60. The Kier molecular flexibility index (Phi) is 8.67. The van der Waals surface area contributed by atoms with Gasteiger partial charge in [-0.2, -0.15) is 0 Å². The topological polar surface area (TPSA) is 3.24 Å². The molecule has 0 amide bonds. The second-order valence-electron chi connectivity index (χ2n) is 8.75. The SMILES string of the molecule is CCC[N+](C)(CCCN(Cc1ccccc1)Cc1ccccc1)Cc1ccccc1. The van der Waals surface area contributed by atoms with Crippen LogP contribution in [0, 0.1) is 0 Å². The molecule has 0 bridgehead atoms. The van der Waals surface area contributed by atoms with Crippen molar-refractivity contribution in [2.75, 3.05) is 26.7 Å². The second-order valence-corrected chi connectivity index (χ2v) is 8.75. The first-order valence-electron chi connectivity index (χ1n) is 11.3. The Hall–Kier alpha value is -2.42. The van der Waals surface area contributed by atoms with Gasteiger partial charge < -0.3 is 4.48 Å². The van der Waals surface area contributed by atoms with E-state index in [2.05, 4.69) is 110 Å². The summed E-state index contributed by atoms with van der Waals surface area (Å²) in [5.41, 5.74) is 4.23. The van der Waals surface area contributed by atoms with Gasteiger partial charge in [-0.15, -0.1) is 0 Å². The lowest BCUT2D eigenvalue weighted by atomic mass is 10.1. The van der Waals surface area contributed by atoms with Crippen molar-refractivity contribution in [2.24, 2.45) is 0 Å². The van der Waals surface area contributed by atoms with E-state index >= 15 is 0 Å². The van der Waals surface area contributed by atoms with Crippen molar-refractivity contribution >= 4 is 0 Å². The van der Waals surface area contributed by atoms with Crippen LogP contribution in [0.15, 0.2) is 91.0 Å². The van der Waals surface area contributed by atoms with Crippen molar-refractivity contribution in [1.29, 1.82) is 0 Å². The van der Waals surface area contributed by atoms with Crippen LogP contribution >= 0.6 is 0 Å². The molecule has 0 N–H and O–H groups in total. The number of nitrogens with zero attached hydrogens (tertiary/aromatic N) is 2. The third-order valence-electron chi connectivity index (χ3n) is 5.84. The molecule has 3 aromatic rings. The minimum atomic E-state index is 1.01. The maximum absolute atomic E-state index is 2.60. The normalized spacial score (nSPS) is 13.3. The van der Waals surface area contributed by atoms with Crippen LogP contribution in [0.25, 0.3) is 0 Å². The molecule has 3 aromatic carbocycles. The largest absolute Gasteiger partial charge is 0.322 e. The third kappa shape index (κ3) is 7.44. The van der Waals surface area contributed by atoms with Crippen LogP contribution < -0.4 is 0 Å². The van der Waals surface area contributed by atoms with Crippen LogP contribution in [0.4, 0.5) is 0 Å². The Balaban J connectivity index is 1.62. The summed E-state index contributed by atoms with van der Waals surface area (Å²) in [7, 11) is 2.43. The smallest absolute Gasteiger partial charge is 0.104 e. The number of rotatable bonds is 12. The van der Waals surface area contributed by atoms with Crippen LogP contribution in [0.1, 0.15) is 36.5 Å². The lowest BCUT2D eigenvalue weighted by Crippen LogP contribution is -2.45.